The van der Waals surface area contributed by atoms with E-state index < -0.39 is 6.36 Å². The summed E-state index contributed by atoms with van der Waals surface area (Å²) in [4.78, 5) is 4.44. The molecule has 0 amide bonds. The van der Waals surface area contributed by atoms with Crippen molar-refractivity contribution >= 4 is 29.9 Å². The molecule has 1 aromatic heterocycles. The molecule has 29 heavy (non-hydrogen) atoms. The third-order valence-electron chi connectivity index (χ3n) is 3.65. The number of hydrogen-bond acceptors (Lipinski definition) is 4. The van der Waals surface area contributed by atoms with Crippen molar-refractivity contribution in [3.05, 3.63) is 54.6 Å². The Morgan fingerprint density at radius 3 is 2.62 bits per heavy atom. The first-order valence-electron chi connectivity index (χ1n) is 8.75. The van der Waals surface area contributed by atoms with Gasteiger partial charge in [-0.25, -0.2) is 4.99 Å². The maximum Gasteiger partial charge on any atom is 0.573 e. The molecule has 1 aromatic carbocycles. The Labute approximate surface area is 184 Å². The fourth-order valence-electron chi connectivity index (χ4n) is 2.34. The number of aliphatic imine (C=N–C) groups is 1. The lowest BCUT2D eigenvalue weighted by molar-refractivity contribution is -0.274. The van der Waals surface area contributed by atoms with Gasteiger partial charge in [-0.2, -0.15) is 0 Å². The number of benzene rings is 1. The highest BCUT2D eigenvalue weighted by Crippen LogP contribution is 2.22. The van der Waals surface area contributed by atoms with Gasteiger partial charge in [-0.1, -0.05) is 25.1 Å². The molecule has 2 rings (SSSR count). The minimum atomic E-state index is -4.70. The zero-order chi connectivity index (χ0) is 20.4. The Hall–Kier alpha value is -2.31. The second-order valence-corrected chi connectivity index (χ2v) is 5.75. The smallest absolute Gasteiger partial charge is 0.406 e. The summed E-state index contributed by atoms with van der Waals surface area (Å²) in [5, 5.41) is 14.2. The number of halogens is 4. The van der Waals surface area contributed by atoms with Crippen LogP contribution in [0.3, 0.4) is 0 Å². The number of alkyl halides is 3. The predicted octanol–water partition coefficient (Wildman–Crippen LogP) is 3.28. The van der Waals surface area contributed by atoms with Gasteiger partial charge in [-0.3, -0.25) is 0 Å². The van der Waals surface area contributed by atoms with Crippen LogP contribution in [0.15, 0.2) is 48.2 Å². The van der Waals surface area contributed by atoms with Crippen molar-refractivity contribution in [2.45, 2.75) is 32.8 Å². The van der Waals surface area contributed by atoms with Gasteiger partial charge in [-0.05, 0) is 17.7 Å². The molecule has 160 valence electrons. The second-order valence-electron chi connectivity index (χ2n) is 5.75. The number of nitrogens with one attached hydrogen (secondary N) is 2. The van der Waals surface area contributed by atoms with Crippen LogP contribution in [0.25, 0.3) is 0 Å². The lowest BCUT2D eigenvalue weighted by Gasteiger charge is -2.12. The average Bonchev–Trinajstić information content (AvgIpc) is 3.11. The summed E-state index contributed by atoms with van der Waals surface area (Å²) in [5.74, 6) is 1.21. The van der Waals surface area contributed by atoms with Crippen LogP contribution >= 0.6 is 24.0 Å². The molecule has 0 bridgehead atoms. The molecule has 0 atom stereocenters. The highest BCUT2D eigenvalue weighted by Gasteiger charge is 2.30. The summed E-state index contributed by atoms with van der Waals surface area (Å²) in [7, 11) is 0. The molecule has 1 heterocycles. The van der Waals surface area contributed by atoms with Crippen LogP contribution in [0.1, 0.15) is 18.3 Å². The van der Waals surface area contributed by atoms with Crippen molar-refractivity contribution in [3.8, 4) is 5.75 Å². The lowest BCUT2D eigenvalue weighted by atomic mass is 10.2. The lowest BCUT2D eigenvalue weighted by Crippen LogP contribution is -2.39. The van der Waals surface area contributed by atoms with Gasteiger partial charge < -0.3 is 19.9 Å². The first kappa shape index (κ1) is 24.7. The van der Waals surface area contributed by atoms with E-state index >= 15 is 0 Å². The number of guanidine groups is 1. The number of aromatic nitrogens is 3. The molecule has 2 N–H and O–H groups in total. The van der Waals surface area contributed by atoms with Gasteiger partial charge in [-0.15, -0.1) is 53.9 Å². The molecule has 0 unspecified atom stereocenters. The van der Waals surface area contributed by atoms with E-state index in [-0.39, 0.29) is 29.7 Å². The van der Waals surface area contributed by atoms with Gasteiger partial charge in [0.05, 0.1) is 6.54 Å². The minimum Gasteiger partial charge on any atom is -0.406 e. The van der Waals surface area contributed by atoms with Gasteiger partial charge >= 0.3 is 6.36 Å². The summed E-state index contributed by atoms with van der Waals surface area (Å²) >= 11 is 0. The average molecular weight is 524 g/mol. The maximum atomic E-state index is 12.2. The fraction of sp³-hybridized carbons (Fsp3) is 0.389. The van der Waals surface area contributed by atoms with E-state index in [2.05, 4.69) is 37.1 Å². The topological polar surface area (TPSA) is 76.4 Å². The van der Waals surface area contributed by atoms with E-state index in [4.69, 9.17) is 0 Å². The van der Waals surface area contributed by atoms with E-state index in [1.165, 1.54) is 12.1 Å². The van der Waals surface area contributed by atoms with E-state index in [1.807, 2.05) is 11.5 Å². The van der Waals surface area contributed by atoms with Crippen LogP contribution < -0.4 is 15.4 Å². The van der Waals surface area contributed by atoms with Gasteiger partial charge in [0, 0.05) is 26.1 Å². The summed E-state index contributed by atoms with van der Waals surface area (Å²) in [6.45, 7) is 7.77. The minimum absolute atomic E-state index is 0. The number of aryl methyl sites for hydroxylation is 1. The van der Waals surface area contributed by atoms with Crippen LogP contribution in [0.2, 0.25) is 0 Å². The molecule has 2 aromatic rings. The molecular formula is C18H24F3IN6O. The number of hydrogen-bond donors (Lipinski definition) is 2. The standard InChI is InChI=1S/C18H23F3N6O.HI/c1-3-9-22-17(23-10-11-27-13-25-26-16(27)4-2)24-12-14-5-7-15(8-6-14)28-18(19,20)21;/h3,5-8,13H,1,4,9-12H2,2H3,(H2,22,23,24);1H. The zero-order valence-corrected chi connectivity index (χ0v) is 18.3. The van der Waals surface area contributed by atoms with Gasteiger partial charge in [0.1, 0.15) is 17.9 Å². The monoisotopic (exact) mass is 524 g/mol. The SMILES string of the molecule is C=CCNC(=NCc1ccc(OC(F)(F)F)cc1)NCCn1cnnc1CC.I. The molecule has 0 aliphatic carbocycles. The van der Waals surface area contributed by atoms with Gasteiger partial charge in [0.2, 0.25) is 0 Å². The third-order valence-corrected chi connectivity index (χ3v) is 3.65. The van der Waals surface area contributed by atoms with E-state index in [9.17, 15) is 13.2 Å². The Balaban J connectivity index is 0.00000420. The van der Waals surface area contributed by atoms with Crippen LogP contribution in [0.4, 0.5) is 13.2 Å². The molecule has 0 aliphatic rings. The number of ether oxygens (including phenoxy) is 1. The largest absolute Gasteiger partial charge is 0.573 e. The van der Waals surface area contributed by atoms with Crippen LogP contribution in [0.5, 0.6) is 5.75 Å². The molecule has 0 saturated heterocycles. The molecule has 0 fully saturated rings. The van der Waals surface area contributed by atoms with Crippen LogP contribution in [-0.4, -0.2) is 40.2 Å². The highest BCUT2D eigenvalue weighted by molar-refractivity contribution is 14.0. The normalized spacial score (nSPS) is 11.5. The van der Waals surface area contributed by atoms with E-state index in [1.54, 1.807) is 24.5 Å². The Morgan fingerprint density at radius 2 is 2.00 bits per heavy atom. The third kappa shape index (κ3) is 9.15. The first-order chi connectivity index (χ1) is 13.4. The second kappa shape index (κ2) is 12.3. The first-order valence-corrected chi connectivity index (χ1v) is 8.75. The zero-order valence-electron chi connectivity index (χ0n) is 15.9. The van der Waals surface area contributed by atoms with Gasteiger partial charge in [0.25, 0.3) is 0 Å². The van der Waals surface area contributed by atoms with Crippen molar-refractivity contribution < 1.29 is 17.9 Å². The summed E-state index contributed by atoms with van der Waals surface area (Å²) in [6.07, 6.45) is -0.522. The quantitative estimate of drug-likeness (QED) is 0.228. The molecule has 11 heteroatoms. The Bertz CT molecular complexity index is 777. The Kier molecular flexibility index (Phi) is 10.5. The fourth-order valence-corrected chi connectivity index (χ4v) is 2.34. The summed E-state index contributed by atoms with van der Waals surface area (Å²) in [5.41, 5.74) is 0.751. The molecule has 0 radical (unpaired) electrons. The molecular weight excluding hydrogens is 500 g/mol. The predicted molar refractivity (Wildman–Crippen MR) is 115 cm³/mol. The Morgan fingerprint density at radius 1 is 1.28 bits per heavy atom. The number of rotatable bonds is 9. The molecule has 0 aliphatic heterocycles. The van der Waals surface area contributed by atoms with E-state index in [0.717, 1.165) is 17.8 Å². The van der Waals surface area contributed by atoms with Crippen molar-refractivity contribution in [3.63, 3.8) is 0 Å². The summed E-state index contributed by atoms with van der Waals surface area (Å²) < 4.78 is 42.4. The van der Waals surface area contributed by atoms with Crippen molar-refractivity contribution in [1.82, 2.24) is 25.4 Å². The van der Waals surface area contributed by atoms with Crippen LogP contribution in [0, 0.1) is 0 Å². The maximum absolute atomic E-state index is 12.2. The number of nitrogens with zero attached hydrogens (tertiary/aromatic N) is 4. The highest BCUT2D eigenvalue weighted by atomic mass is 127. The molecule has 0 spiro atoms. The van der Waals surface area contributed by atoms with E-state index in [0.29, 0.717) is 32.1 Å². The van der Waals surface area contributed by atoms with Crippen LogP contribution in [-0.2, 0) is 19.5 Å². The van der Waals surface area contributed by atoms with Gasteiger partial charge in [0.15, 0.2) is 5.96 Å². The van der Waals surface area contributed by atoms with Crippen molar-refractivity contribution in [1.29, 1.82) is 0 Å². The molecule has 7 nitrogen and oxygen atoms in total. The summed E-state index contributed by atoms with van der Waals surface area (Å²) in [6, 6.07) is 5.61. The van der Waals surface area contributed by atoms with Crippen molar-refractivity contribution in [2.24, 2.45) is 4.99 Å². The molecule has 0 saturated carbocycles. The van der Waals surface area contributed by atoms with Crippen molar-refractivity contribution in [2.75, 3.05) is 13.1 Å².